The van der Waals surface area contributed by atoms with Crippen molar-refractivity contribution in [1.82, 2.24) is 4.31 Å². The van der Waals surface area contributed by atoms with Gasteiger partial charge in [-0.25, -0.2) is 12.8 Å². The number of aliphatic hydroxyl groups excluding tert-OH is 1. The molecule has 5 nitrogen and oxygen atoms in total. The highest BCUT2D eigenvalue weighted by Crippen LogP contribution is 2.29. The van der Waals surface area contributed by atoms with Crippen LogP contribution in [0.5, 0.6) is 0 Å². The largest absolute Gasteiger partial charge is 0.450 e. The fraction of sp³-hybridized carbons (Fsp3) is 0.231. The Morgan fingerprint density at radius 1 is 1.38 bits per heavy atom. The number of nitrogens with zero attached hydrogens (tertiary/aromatic N) is 1. The van der Waals surface area contributed by atoms with E-state index in [1.165, 1.54) is 31.3 Å². The number of hydrogen-bond donors (Lipinski definition) is 1. The number of furan rings is 1. The van der Waals surface area contributed by atoms with E-state index < -0.39 is 22.4 Å². The number of aliphatic hydroxyl groups is 1. The van der Waals surface area contributed by atoms with Crippen molar-refractivity contribution in [3.05, 3.63) is 52.1 Å². The molecule has 0 atom stereocenters. The molecule has 1 aromatic carbocycles. The monoisotopic (exact) mass is 377 g/mol. The molecule has 0 fully saturated rings. The van der Waals surface area contributed by atoms with E-state index in [0.717, 1.165) is 4.31 Å². The highest BCUT2D eigenvalue weighted by Gasteiger charge is 2.27. The molecule has 2 aromatic rings. The van der Waals surface area contributed by atoms with Crippen LogP contribution in [0.1, 0.15) is 11.3 Å². The predicted octanol–water partition coefficient (Wildman–Crippen LogP) is 2.49. The van der Waals surface area contributed by atoms with Crippen molar-refractivity contribution < 1.29 is 22.3 Å². The second kappa shape index (κ2) is 6.27. The summed E-state index contributed by atoms with van der Waals surface area (Å²) >= 11 is 3.00. The van der Waals surface area contributed by atoms with E-state index in [2.05, 4.69) is 15.9 Å². The van der Waals surface area contributed by atoms with Crippen molar-refractivity contribution >= 4 is 26.0 Å². The number of sulfonamides is 1. The first-order valence-electron chi connectivity index (χ1n) is 5.95. The van der Waals surface area contributed by atoms with Crippen molar-refractivity contribution in [2.24, 2.45) is 0 Å². The van der Waals surface area contributed by atoms with Crippen LogP contribution in [0.2, 0.25) is 0 Å². The minimum atomic E-state index is -3.86. The molecule has 0 saturated carbocycles. The van der Waals surface area contributed by atoms with E-state index in [4.69, 9.17) is 9.52 Å². The quantitative estimate of drug-likeness (QED) is 0.868. The lowest BCUT2D eigenvalue weighted by Gasteiger charge is -2.16. The van der Waals surface area contributed by atoms with Crippen molar-refractivity contribution in [2.45, 2.75) is 18.0 Å². The van der Waals surface area contributed by atoms with Crippen LogP contribution in [0.3, 0.4) is 0 Å². The number of hydrogen-bond acceptors (Lipinski definition) is 4. The van der Waals surface area contributed by atoms with E-state index in [0.29, 0.717) is 0 Å². The molecule has 0 aliphatic rings. The van der Waals surface area contributed by atoms with Crippen LogP contribution in [0.25, 0.3) is 0 Å². The third-order valence-corrected chi connectivity index (χ3v) is 5.56. The first-order valence-corrected chi connectivity index (χ1v) is 8.18. The Morgan fingerprint density at radius 2 is 2.05 bits per heavy atom. The van der Waals surface area contributed by atoms with Crippen molar-refractivity contribution in [2.75, 3.05) is 7.05 Å². The van der Waals surface area contributed by atoms with Gasteiger partial charge in [0, 0.05) is 25.2 Å². The van der Waals surface area contributed by atoms with E-state index >= 15 is 0 Å². The summed E-state index contributed by atoms with van der Waals surface area (Å²) in [5.41, 5.74) is 0.269. The standard InChI is InChI=1S/C13H13BrFNO4S/c1-16(7-9-4-2-3-5-11(9)15)21(18,19)12-6-10(8-17)20-13(12)14/h2-6,17H,7-8H2,1H3. The predicted molar refractivity (Wildman–Crippen MR) is 77.4 cm³/mol. The van der Waals surface area contributed by atoms with Crippen LogP contribution in [-0.4, -0.2) is 24.9 Å². The topological polar surface area (TPSA) is 70.8 Å². The molecule has 0 unspecified atom stereocenters. The Morgan fingerprint density at radius 3 is 2.62 bits per heavy atom. The minimum absolute atomic E-state index is 0.00642. The Labute approximate surface area is 130 Å². The summed E-state index contributed by atoms with van der Waals surface area (Å²) in [5.74, 6) is -0.346. The van der Waals surface area contributed by atoms with Gasteiger partial charge in [-0.05, 0) is 22.0 Å². The fourth-order valence-corrected chi connectivity index (χ4v) is 3.88. The molecule has 0 aliphatic carbocycles. The van der Waals surface area contributed by atoms with Gasteiger partial charge in [0.25, 0.3) is 0 Å². The summed E-state index contributed by atoms with van der Waals surface area (Å²) in [4.78, 5) is -0.106. The first-order chi connectivity index (χ1) is 9.86. The lowest BCUT2D eigenvalue weighted by atomic mass is 10.2. The highest BCUT2D eigenvalue weighted by molar-refractivity contribution is 9.10. The normalized spacial score (nSPS) is 12.0. The molecule has 114 valence electrons. The van der Waals surface area contributed by atoms with E-state index in [-0.39, 0.29) is 27.4 Å². The Hall–Kier alpha value is -1.22. The zero-order chi connectivity index (χ0) is 15.6. The summed E-state index contributed by atoms with van der Waals surface area (Å²) in [6, 6.07) is 7.19. The summed E-state index contributed by atoms with van der Waals surface area (Å²) in [6.07, 6.45) is 0. The van der Waals surface area contributed by atoms with Gasteiger partial charge in [0.2, 0.25) is 10.0 Å². The molecule has 1 N–H and O–H groups in total. The maximum absolute atomic E-state index is 13.6. The van der Waals surface area contributed by atoms with Gasteiger partial charge in [-0.15, -0.1) is 0 Å². The van der Waals surface area contributed by atoms with Crippen molar-refractivity contribution in [3.8, 4) is 0 Å². The molecule has 0 spiro atoms. The van der Waals surface area contributed by atoms with Gasteiger partial charge in [0.05, 0.1) is 0 Å². The maximum Gasteiger partial charge on any atom is 0.247 e. The zero-order valence-electron chi connectivity index (χ0n) is 11.1. The fourth-order valence-electron chi connectivity index (χ4n) is 1.77. The average molecular weight is 378 g/mol. The number of benzene rings is 1. The number of rotatable bonds is 5. The van der Waals surface area contributed by atoms with Gasteiger partial charge in [-0.3, -0.25) is 0 Å². The lowest BCUT2D eigenvalue weighted by Crippen LogP contribution is -2.26. The van der Waals surface area contributed by atoms with Gasteiger partial charge in [-0.2, -0.15) is 4.31 Å². The van der Waals surface area contributed by atoms with Gasteiger partial charge in [0.1, 0.15) is 23.1 Å². The lowest BCUT2D eigenvalue weighted by molar-refractivity contribution is 0.245. The molecule has 21 heavy (non-hydrogen) atoms. The van der Waals surface area contributed by atoms with Gasteiger partial charge >= 0.3 is 0 Å². The summed E-state index contributed by atoms with van der Waals surface area (Å²) in [7, 11) is -2.51. The molecule has 0 saturated heterocycles. The molecular weight excluding hydrogens is 365 g/mol. The maximum atomic E-state index is 13.6. The van der Waals surface area contributed by atoms with Crippen LogP contribution in [0, 0.1) is 5.82 Å². The summed E-state index contributed by atoms with van der Waals surface area (Å²) < 4.78 is 44.5. The van der Waals surface area contributed by atoms with Gasteiger partial charge in [0.15, 0.2) is 4.67 Å². The molecule has 8 heteroatoms. The molecule has 0 bridgehead atoms. The van der Waals surface area contributed by atoms with E-state index in [1.807, 2.05) is 0 Å². The van der Waals surface area contributed by atoms with Crippen LogP contribution in [-0.2, 0) is 23.2 Å². The van der Waals surface area contributed by atoms with Crippen LogP contribution in [0.4, 0.5) is 4.39 Å². The average Bonchev–Trinajstić information content (AvgIpc) is 2.83. The molecule has 0 amide bonds. The van der Waals surface area contributed by atoms with Crippen LogP contribution < -0.4 is 0 Å². The SMILES string of the molecule is CN(Cc1ccccc1F)S(=O)(=O)c1cc(CO)oc1Br. The Balaban J connectivity index is 2.30. The second-order valence-corrected chi connectivity index (χ2v) is 7.09. The van der Waals surface area contributed by atoms with Crippen molar-refractivity contribution in [1.29, 1.82) is 0 Å². The second-order valence-electron chi connectivity index (χ2n) is 4.36. The van der Waals surface area contributed by atoms with Crippen LogP contribution >= 0.6 is 15.9 Å². The molecular formula is C13H13BrFNO4S. The summed E-state index contributed by atoms with van der Waals surface area (Å²) in [5, 5.41) is 8.98. The van der Waals surface area contributed by atoms with E-state index in [9.17, 15) is 12.8 Å². The van der Waals surface area contributed by atoms with Crippen LogP contribution in [0.15, 0.2) is 44.3 Å². The van der Waals surface area contributed by atoms with E-state index in [1.54, 1.807) is 6.07 Å². The van der Waals surface area contributed by atoms with Gasteiger partial charge in [-0.1, -0.05) is 18.2 Å². The summed E-state index contributed by atoms with van der Waals surface area (Å²) in [6.45, 7) is -0.522. The zero-order valence-corrected chi connectivity index (χ0v) is 13.5. The Kier molecular flexibility index (Phi) is 4.82. The molecule has 2 rings (SSSR count). The third kappa shape index (κ3) is 3.34. The number of halogens is 2. The highest BCUT2D eigenvalue weighted by atomic mass is 79.9. The molecule has 0 aliphatic heterocycles. The van der Waals surface area contributed by atoms with Gasteiger partial charge < -0.3 is 9.52 Å². The molecule has 1 aromatic heterocycles. The molecule has 0 radical (unpaired) electrons. The third-order valence-electron chi connectivity index (χ3n) is 2.90. The van der Waals surface area contributed by atoms with Crippen molar-refractivity contribution in [3.63, 3.8) is 0 Å². The minimum Gasteiger partial charge on any atom is -0.450 e. The molecule has 1 heterocycles. The first kappa shape index (κ1) is 16.2. The smallest absolute Gasteiger partial charge is 0.247 e. The Bertz CT molecular complexity index is 744.